The van der Waals surface area contributed by atoms with Crippen LogP contribution in [0, 0.1) is 6.92 Å². The van der Waals surface area contributed by atoms with Crippen molar-refractivity contribution in [3.8, 4) is 0 Å². The highest BCUT2D eigenvalue weighted by Gasteiger charge is 2.19. The highest BCUT2D eigenvalue weighted by Crippen LogP contribution is 2.13. The summed E-state index contributed by atoms with van der Waals surface area (Å²) in [6.45, 7) is 7.05. The Morgan fingerprint density at radius 3 is 2.35 bits per heavy atom. The highest BCUT2D eigenvalue weighted by molar-refractivity contribution is 7.91. The van der Waals surface area contributed by atoms with E-state index < -0.39 is 15.9 Å². The highest BCUT2D eigenvalue weighted by atomic mass is 32.2. The van der Waals surface area contributed by atoms with Crippen LogP contribution in [0.4, 0.5) is 0 Å². The van der Waals surface area contributed by atoms with Crippen molar-refractivity contribution < 1.29 is 13.2 Å². The third-order valence-electron chi connectivity index (χ3n) is 3.02. The van der Waals surface area contributed by atoms with Gasteiger partial charge in [-0.05, 0) is 39.8 Å². The van der Waals surface area contributed by atoms with Gasteiger partial charge in [-0.1, -0.05) is 23.8 Å². The van der Waals surface area contributed by atoms with Crippen molar-refractivity contribution >= 4 is 15.7 Å². The van der Waals surface area contributed by atoms with Gasteiger partial charge in [-0.3, -0.25) is 4.79 Å². The molecule has 1 aromatic carbocycles. The number of carbonyl (C=O) groups is 1. The van der Waals surface area contributed by atoms with Crippen LogP contribution in [0.3, 0.4) is 0 Å². The Morgan fingerprint density at radius 1 is 1.30 bits per heavy atom. The maximum atomic E-state index is 12.2. The minimum Gasteiger partial charge on any atom is -0.349 e. The molecule has 1 atom stereocenters. The summed E-state index contributed by atoms with van der Waals surface area (Å²) in [5.41, 5.74) is 1.58. The normalized spacial score (nSPS) is 13.9. The standard InChI is InChI=1S/C15H21NO3S/c1-5-12(3)15(17)16-13(4)10-20(18,19)14-8-6-11(2)7-9-14/h5-9,13H,10H2,1-4H3,(H,16,17)/b12-5+/t13-/m0/s1. The second-order valence-electron chi connectivity index (χ2n) is 4.94. The molecule has 1 N–H and O–H groups in total. The lowest BCUT2D eigenvalue weighted by atomic mass is 10.2. The smallest absolute Gasteiger partial charge is 0.246 e. The number of rotatable bonds is 5. The van der Waals surface area contributed by atoms with Crippen LogP contribution in [0.1, 0.15) is 26.3 Å². The maximum Gasteiger partial charge on any atom is 0.246 e. The van der Waals surface area contributed by atoms with Crippen molar-refractivity contribution in [3.05, 3.63) is 41.5 Å². The lowest BCUT2D eigenvalue weighted by Crippen LogP contribution is -2.37. The zero-order chi connectivity index (χ0) is 15.3. The van der Waals surface area contributed by atoms with E-state index >= 15 is 0 Å². The molecule has 0 aliphatic rings. The number of hydrogen-bond acceptors (Lipinski definition) is 3. The van der Waals surface area contributed by atoms with Crippen LogP contribution in [0.25, 0.3) is 0 Å². The average molecular weight is 295 g/mol. The molecule has 0 heterocycles. The first-order valence-electron chi connectivity index (χ1n) is 6.49. The number of carbonyl (C=O) groups excluding carboxylic acids is 1. The molecule has 110 valence electrons. The minimum atomic E-state index is -3.39. The fourth-order valence-corrected chi connectivity index (χ4v) is 3.17. The van der Waals surface area contributed by atoms with Gasteiger partial charge in [-0.25, -0.2) is 8.42 Å². The van der Waals surface area contributed by atoms with Gasteiger partial charge >= 0.3 is 0 Å². The maximum absolute atomic E-state index is 12.2. The van der Waals surface area contributed by atoms with E-state index in [4.69, 9.17) is 0 Å². The van der Waals surface area contributed by atoms with Crippen LogP contribution in [0.5, 0.6) is 0 Å². The van der Waals surface area contributed by atoms with E-state index in [9.17, 15) is 13.2 Å². The molecule has 1 amide bonds. The number of nitrogens with one attached hydrogen (secondary N) is 1. The van der Waals surface area contributed by atoms with E-state index in [1.165, 1.54) is 0 Å². The second-order valence-corrected chi connectivity index (χ2v) is 6.97. The molecule has 1 aromatic rings. The molecule has 4 nitrogen and oxygen atoms in total. The molecule has 20 heavy (non-hydrogen) atoms. The van der Waals surface area contributed by atoms with Crippen molar-refractivity contribution in [2.45, 2.75) is 38.6 Å². The average Bonchev–Trinajstić information content (AvgIpc) is 2.37. The molecule has 0 aliphatic carbocycles. The Morgan fingerprint density at radius 2 is 1.85 bits per heavy atom. The second kappa shape index (κ2) is 6.70. The summed E-state index contributed by atoms with van der Waals surface area (Å²) in [6, 6.07) is 6.27. The number of sulfone groups is 1. The molecule has 0 bridgehead atoms. The molecule has 5 heteroatoms. The zero-order valence-corrected chi connectivity index (χ0v) is 13.1. The topological polar surface area (TPSA) is 63.2 Å². The van der Waals surface area contributed by atoms with Crippen molar-refractivity contribution in [3.63, 3.8) is 0 Å². The van der Waals surface area contributed by atoms with Crippen LogP contribution in [-0.2, 0) is 14.6 Å². The molecule has 0 aromatic heterocycles. The Hall–Kier alpha value is -1.62. The quantitative estimate of drug-likeness (QED) is 0.847. The van der Waals surface area contributed by atoms with Gasteiger partial charge < -0.3 is 5.32 Å². The van der Waals surface area contributed by atoms with Gasteiger partial charge in [-0.15, -0.1) is 0 Å². The van der Waals surface area contributed by atoms with Crippen LogP contribution < -0.4 is 5.32 Å². The van der Waals surface area contributed by atoms with Gasteiger partial charge in [0.1, 0.15) is 0 Å². The van der Waals surface area contributed by atoms with Gasteiger partial charge in [0.05, 0.1) is 10.6 Å². The van der Waals surface area contributed by atoms with E-state index in [1.54, 1.807) is 51.1 Å². The monoisotopic (exact) mass is 295 g/mol. The van der Waals surface area contributed by atoms with Crippen LogP contribution in [-0.4, -0.2) is 26.1 Å². The third-order valence-corrected chi connectivity index (χ3v) is 4.95. The Labute approximate surface area is 120 Å². The van der Waals surface area contributed by atoms with E-state index in [0.717, 1.165) is 5.56 Å². The molecule has 0 fully saturated rings. The van der Waals surface area contributed by atoms with Gasteiger partial charge in [0.25, 0.3) is 0 Å². The Bertz CT molecular complexity index is 601. The van der Waals surface area contributed by atoms with E-state index in [-0.39, 0.29) is 16.6 Å². The molecular weight excluding hydrogens is 274 g/mol. The minimum absolute atomic E-state index is 0.112. The Kier molecular flexibility index (Phi) is 5.51. The van der Waals surface area contributed by atoms with Crippen LogP contribution in [0.15, 0.2) is 40.8 Å². The first-order chi connectivity index (χ1) is 9.26. The SMILES string of the molecule is C/C=C(\C)C(=O)N[C@@H](C)CS(=O)(=O)c1ccc(C)cc1. The number of allylic oxidation sites excluding steroid dienone is 1. The molecule has 0 saturated carbocycles. The van der Waals surface area contributed by atoms with Crippen molar-refractivity contribution in [2.24, 2.45) is 0 Å². The van der Waals surface area contributed by atoms with Crippen molar-refractivity contribution in [1.82, 2.24) is 5.32 Å². The summed E-state index contributed by atoms with van der Waals surface area (Å²) >= 11 is 0. The summed E-state index contributed by atoms with van der Waals surface area (Å²) in [4.78, 5) is 12.0. The van der Waals surface area contributed by atoms with E-state index in [1.807, 2.05) is 6.92 Å². The first kappa shape index (κ1) is 16.4. The van der Waals surface area contributed by atoms with Crippen LogP contribution in [0.2, 0.25) is 0 Å². The lowest BCUT2D eigenvalue weighted by molar-refractivity contribution is -0.117. The van der Waals surface area contributed by atoms with Crippen LogP contribution >= 0.6 is 0 Å². The number of hydrogen-bond donors (Lipinski definition) is 1. The third kappa shape index (κ3) is 4.49. The summed E-state index contributed by atoms with van der Waals surface area (Å²) < 4.78 is 24.4. The number of amides is 1. The molecule has 0 unspecified atom stereocenters. The first-order valence-corrected chi connectivity index (χ1v) is 8.14. The summed E-state index contributed by atoms with van der Waals surface area (Å²) in [6.07, 6.45) is 1.69. The largest absolute Gasteiger partial charge is 0.349 e. The van der Waals surface area contributed by atoms with E-state index in [0.29, 0.717) is 5.57 Å². The lowest BCUT2D eigenvalue weighted by Gasteiger charge is -2.14. The van der Waals surface area contributed by atoms with Gasteiger partial charge in [-0.2, -0.15) is 0 Å². The number of benzene rings is 1. The molecule has 0 radical (unpaired) electrons. The van der Waals surface area contributed by atoms with Crippen molar-refractivity contribution in [2.75, 3.05) is 5.75 Å². The van der Waals surface area contributed by atoms with Gasteiger partial charge in [0.2, 0.25) is 5.91 Å². The van der Waals surface area contributed by atoms with Crippen molar-refractivity contribution in [1.29, 1.82) is 0 Å². The molecule has 0 saturated heterocycles. The van der Waals surface area contributed by atoms with E-state index in [2.05, 4.69) is 5.32 Å². The fraction of sp³-hybridized carbons (Fsp3) is 0.400. The molecule has 0 spiro atoms. The summed E-state index contributed by atoms with van der Waals surface area (Å²) in [7, 11) is -3.39. The molecular formula is C15H21NO3S. The summed E-state index contributed by atoms with van der Waals surface area (Å²) in [5.74, 6) is -0.349. The Balaban J connectivity index is 2.76. The van der Waals surface area contributed by atoms with Gasteiger partial charge in [0, 0.05) is 11.6 Å². The molecule has 0 aliphatic heterocycles. The predicted molar refractivity (Wildman–Crippen MR) is 80.3 cm³/mol. The molecule has 1 rings (SSSR count). The fourth-order valence-electron chi connectivity index (χ4n) is 1.68. The predicted octanol–water partition coefficient (Wildman–Crippen LogP) is 2.24. The zero-order valence-electron chi connectivity index (χ0n) is 12.3. The van der Waals surface area contributed by atoms with Gasteiger partial charge in [0.15, 0.2) is 9.84 Å². The summed E-state index contributed by atoms with van der Waals surface area (Å²) in [5, 5.41) is 2.68. The number of aryl methyl sites for hydroxylation is 1.